The first-order valence-corrected chi connectivity index (χ1v) is 17.2. The van der Waals surface area contributed by atoms with Gasteiger partial charge < -0.3 is 15.4 Å². The molecule has 2 N–H and O–H groups in total. The number of nitrogens with one attached hydrogen (secondary N) is 2. The number of halogens is 9. The molecule has 9 nitrogen and oxygen atoms in total. The van der Waals surface area contributed by atoms with Gasteiger partial charge in [-0.15, -0.1) is 0 Å². The maximum Gasteiger partial charge on any atom is 0.290 e. The first kappa shape index (κ1) is 37.3. The Morgan fingerprint density at radius 3 is 2.31 bits per heavy atom. The molecule has 54 heavy (non-hydrogen) atoms. The number of anilines is 1. The molecule has 0 unspecified atom stereocenters. The van der Waals surface area contributed by atoms with Gasteiger partial charge in [0.2, 0.25) is 5.91 Å². The Morgan fingerprint density at radius 1 is 0.963 bits per heavy atom. The zero-order chi connectivity index (χ0) is 38.7. The third kappa shape index (κ3) is 7.25. The average Bonchev–Trinajstić information content (AvgIpc) is 3.66. The fraction of sp³-hybridized carbons (Fsp3) is 0.343. The second kappa shape index (κ2) is 14.0. The molecule has 1 aliphatic carbocycles. The van der Waals surface area contributed by atoms with Gasteiger partial charge in [-0.1, -0.05) is 17.4 Å². The molecular weight excluding hydrogens is 755 g/mol. The van der Waals surface area contributed by atoms with Crippen molar-refractivity contribution < 1.29 is 53.8 Å². The number of nitrogens with zero attached hydrogens (tertiary/aromatic N) is 4. The molecule has 0 bridgehead atoms. The van der Waals surface area contributed by atoms with E-state index in [9.17, 15) is 40.3 Å². The Morgan fingerprint density at radius 2 is 1.67 bits per heavy atom. The van der Waals surface area contributed by atoms with Crippen LogP contribution in [0.15, 0.2) is 42.5 Å². The lowest BCUT2D eigenvalue weighted by atomic mass is 9.89. The highest BCUT2D eigenvalue weighted by atomic mass is 32.1. The fourth-order valence-corrected chi connectivity index (χ4v) is 7.41. The van der Waals surface area contributed by atoms with Gasteiger partial charge in [-0.3, -0.25) is 14.3 Å². The number of ketones is 1. The second-order valence-electron chi connectivity index (χ2n) is 13.0. The van der Waals surface area contributed by atoms with E-state index >= 15 is 8.78 Å². The zero-order valence-electron chi connectivity index (χ0n) is 27.8. The van der Waals surface area contributed by atoms with E-state index in [1.54, 1.807) is 6.07 Å². The molecule has 1 saturated heterocycles. The quantitative estimate of drug-likeness (QED) is 0.103. The summed E-state index contributed by atoms with van der Waals surface area (Å²) in [5.74, 6) is -12.7. The molecule has 3 aromatic heterocycles. The van der Waals surface area contributed by atoms with Gasteiger partial charge in [-0.25, -0.2) is 40.7 Å². The minimum absolute atomic E-state index is 0.0255. The molecule has 0 saturated carbocycles. The van der Waals surface area contributed by atoms with Gasteiger partial charge in [-0.2, -0.15) is 13.9 Å². The number of pyridine rings is 1. The molecule has 0 radical (unpaired) electrons. The number of hydrogen-bond donors (Lipinski definition) is 2. The van der Waals surface area contributed by atoms with E-state index in [1.807, 2.05) is 0 Å². The van der Waals surface area contributed by atoms with Crippen LogP contribution >= 0.6 is 11.3 Å². The van der Waals surface area contributed by atoms with Crippen LogP contribution in [-0.2, 0) is 34.3 Å². The Balaban J connectivity index is 1.35. The SMILES string of the molecule is CC(=O)c1cc(-c2cc3sc(NC4COC4)nc3nc2[C@H](Cc2cc(F)cc(F)c2)NC(=O)Cn2nc(C(F)F)c3c2C(F)(F)CCC3(F)F)ccc1F. The van der Waals surface area contributed by atoms with Crippen LogP contribution < -0.4 is 10.6 Å². The van der Waals surface area contributed by atoms with E-state index in [0.717, 1.165) is 25.1 Å². The number of alkyl halides is 6. The van der Waals surface area contributed by atoms with Gasteiger partial charge in [-0.05, 0) is 54.8 Å². The molecule has 1 aliphatic heterocycles. The molecule has 2 aromatic carbocycles. The number of hydrogen-bond acceptors (Lipinski definition) is 8. The van der Waals surface area contributed by atoms with Crippen molar-refractivity contribution in [3.8, 4) is 11.1 Å². The van der Waals surface area contributed by atoms with Crippen molar-refractivity contribution >= 4 is 38.5 Å². The van der Waals surface area contributed by atoms with E-state index in [4.69, 9.17) is 4.74 Å². The minimum atomic E-state index is -4.09. The van der Waals surface area contributed by atoms with Crippen molar-refractivity contribution in [1.82, 2.24) is 25.1 Å². The van der Waals surface area contributed by atoms with Crippen LogP contribution in [0, 0.1) is 17.5 Å². The normalized spacial score (nSPS) is 16.9. The lowest BCUT2D eigenvalue weighted by molar-refractivity contribution is -0.123. The summed E-state index contributed by atoms with van der Waals surface area (Å²) >= 11 is 1.19. The van der Waals surface area contributed by atoms with Crippen LogP contribution in [0.3, 0.4) is 0 Å². The molecule has 1 atom stereocenters. The van der Waals surface area contributed by atoms with Crippen molar-refractivity contribution in [2.75, 3.05) is 18.5 Å². The molecule has 19 heteroatoms. The number of ether oxygens (including phenoxy) is 1. The third-order valence-corrected chi connectivity index (χ3v) is 9.93. The summed E-state index contributed by atoms with van der Waals surface area (Å²) in [6.07, 6.45) is -6.93. The summed E-state index contributed by atoms with van der Waals surface area (Å²) in [6.45, 7) is 0.739. The lowest BCUT2D eigenvalue weighted by Crippen LogP contribution is -2.40. The number of thiazole rings is 1. The Bertz CT molecular complexity index is 2270. The number of amides is 1. The summed E-state index contributed by atoms with van der Waals surface area (Å²) in [7, 11) is 0. The Labute approximate surface area is 303 Å². The maximum atomic E-state index is 15.1. The summed E-state index contributed by atoms with van der Waals surface area (Å²) in [5, 5.41) is 9.46. The van der Waals surface area contributed by atoms with Crippen LogP contribution in [0.4, 0.5) is 44.6 Å². The number of Topliss-reactive ketones (excluding diaryl/α,β-unsaturated/α-hetero) is 1. The predicted molar refractivity (Wildman–Crippen MR) is 176 cm³/mol. The molecule has 5 aromatic rings. The van der Waals surface area contributed by atoms with Crippen LogP contribution in [0.1, 0.15) is 70.8 Å². The fourth-order valence-electron chi connectivity index (χ4n) is 6.49. The van der Waals surface area contributed by atoms with Gasteiger partial charge in [0.15, 0.2) is 16.6 Å². The van der Waals surface area contributed by atoms with Crippen molar-refractivity contribution in [2.45, 2.75) is 63.1 Å². The summed E-state index contributed by atoms with van der Waals surface area (Å²) < 4.78 is 137. The number of aromatic nitrogens is 4. The van der Waals surface area contributed by atoms with E-state index in [-0.39, 0.29) is 44.3 Å². The molecule has 2 aliphatic rings. The zero-order valence-corrected chi connectivity index (χ0v) is 28.7. The third-order valence-electron chi connectivity index (χ3n) is 9.01. The molecule has 284 valence electrons. The minimum Gasteiger partial charge on any atom is -0.377 e. The van der Waals surface area contributed by atoms with Gasteiger partial charge in [0.25, 0.3) is 18.3 Å². The number of carbonyl (C=O) groups excluding carboxylic acids is 2. The smallest absolute Gasteiger partial charge is 0.290 e. The van der Waals surface area contributed by atoms with Crippen LogP contribution in [0.5, 0.6) is 0 Å². The van der Waals surface area contributed by atoms with E-state index in [0.29, 0.717) is 29.1 Å². The second-order valence-corrected chi connectivity index (χ2v) is 14.0. The lowest BCUT2D eigenvalue weighted by Gasteiger charge is -2.29. The van der Waals surface area contributed by atoms with Crippen molar-refractivity contribution in [3.05, 3.63) is 93.7 Å². The number of carbonyl (C=O) groups is 2. The standard InChI is InChI=1S/C35H27F9N6O3S/c1-15(51)21-9-17(2-3-23(21)38)22-11-25-32(48-33(54-25)45-20-13-53-14-20)47-28(22)24(8-16-6-18(36)10-19(37)7-16)46-26(52)12-50-30-27(29(49-50)31(39)40)34(41,42)4-5-35(30,43)44/h2-3,6-7,9-11,20,24,31H,4-5,8,12-14H2,1H3,(H,46,52)(H,45,47,48)/t24-/m0/s1. The van der Waals surface area contributed by atoms with Gasteiger partial charge >= 0.3 is 0 Å². The monoisotopic (exact) mass is 782 g/mol. The molecule has 1 amide bonds. The van der Waals surface area contributed by atoms with E-state index in [1.165, 1.54) is 23.5 Å². The van der Waals surface area contributed by atoms with E-state index < -0.39 is 96.2 Å². The summed E-state index contributed by atoms with van der Waals surface area (Å²) in [4.78, 5) is 35.2. The van der Waals surface area contributed by atoms with Gasteiger partial charge in [0, 0.05) is 24.5 Å². The highest BCUT2D eigenvalue weighted by Gasteiger charge is 2.55. The molecule has 7 rings (SSSR count). The largest absolute Gasteiger partial charge is 0.377 e. The topological polar surface area (TPSA) is 111 Å². The molecule has 0 spiro atoms. The summed E-state index contributed by atoms with van der Waals surface area (Å²) in [5.41, 5.74) is -4.60. The first-order valence-electron chi connectivity index (χ1n) is 16.4. The Hall–Kier alpha value is -5.04. The van der Waals surface area contributed by atoms with Crippen LogP contribution in [0.2, 0.25) is 0 Å². The van der Waals surface area contributed by atoms with Crippen molar-refractivity contribution in [3.63, 3.8) is 0 Å². The highest BCUT2D eigenvalue weighted by Crippen LogP contribution is 2.52. The summed E-state index contributed by atoms with van der Waals surface area (Å²) in [6, 6.07) is 6.24. The van der Waals surface area contributed by atoms with Crippen LogP contribution in [-0.4, -0.2) is 50.7 Å². The number of fused-ring (bicyclic) bond motifs is 2. The van der Waals surface area contributed by atoms with Crippen molar-refractivity contribution in [1.29, 1.82) is 0 Å². The molecule has 4 heterocycles. The number of benzene rings is 2. The van der Waals surface area contributed by atoms with Crippen LogP contribution in [0.25, 0.3) is 21.5 Å². The molecular formula is C35H27F9N6O3S. The number of rotatable bonds is 11. The van der Waals surface area contributed by atoms with E-state index in [2.05, 4.69) is 25.7 Å². The van der Waals surface area contributed by atoms with Gasteiger partial charge in [0.1, 0.15) is 35.4 Å². The maximum absolute atomic E-state index is 15.1. The molecule has 1 fully saturated rings. The van der Waals surface area contributed by atoms with Gasteiger partial charge in [0.05, 0.1) is 46.8 Å². The Kier molecular flexibility index (Phi) is 9.66. The predicted octanol–water partition coefficient (Wildman–Crippen LogP) is 8.00. The van der Waals surface area contributed by atoms with Crippen molar-refractivity contribution in [2.24, 2.45) is 0 Å². The highest BCUT2D eigenvalue weighted by molar-refractivity contribution is 7.22. The average molecular weight is 783 g/mol. The first-order chi connectivity index (χ1) is 25.5.